The number of carbonyl (C=O) groups is 2. The molecule has 0 bridgehead atoms. The molecule has 8 heteroatoms. The fraction of sp³-hybridized carbons (Fsp3) is 0.250. The first kappa shape index (κ1) is 20.0. The summed E-state index contributed by atoms with van der Waals surface area (Å²) >= 11 is 0. The number of benzene rings is 2. The van der Waals surface area contributed by atoms with E-state index >= 15 is 0 Å². The molecule has 0 aliphatic carbocycles. The summed E-state index contributed by atoms with van der Waals surface area (Å²) in [4.78, 5) is 26.9. The monoisotopic (exact) mass is 433 g/mol. The Morgan fingerprint density at radius 2 is 1.88 bits per heavy atom. The second kappa shape index (κ2) is 7.05. The van der Waals surface area contributed by atoms with Crippen molar-refractivity contribution in [2.75, 3.05) is 26.1 Å². The van der Waals surface area contributed by atoms with Gasteiger partial charge in [-0.2, -0.15) is 0 Å². The topological polar surface area (TPSA) is 93.0 Å². The minimum Gasteiger partial charge on any atom is -0.502 e. The molecule has 2 aromatic carbocycles. The van der Waals surface area contributed by atoms with E-state index in [1.807, 2.05) is 36.0 Å². The number of phenolic OH excluding ortho intramolecular Hbond substituents is 1. The van der Waals surface area contributed by atoms with Gasteiger partial charge in [-0.3, -0.25) is 14.5 Å². The van der Waals surface area contributed by atoms with E-state index in [1.165, 1.54) is 26.0 Å². The third-order valence-corrected chi connectivity index (χ3v) is 6.26. The van der Waals surface area contributed by atoms with Crippen LogP contribution in [-0.4, -0.2) is 47.2 Å². The van der Waals surface area contributed by atoms with Crippen LogP contribution in [0.3, 0.4) is 0 Å². The van der Waals surface area contributed by atoms with E-state index < -0.39 is 5.92 Å². The number of amides is 2. The summed E-state index contributed by atoms with van der Waals surface area (Å²) in [7, 11) is 4.89. The largest absolute Gasteiger partial charge is 0.502 e. The normalized spacial score (nSPS) is 17.3. The van der Waals surface area contributed by atoms with Crippen LogP contribution in [-0.2, 0) is 16.6 Å². The Balaban J connectivity index is 1.83. The molecular weight excluding hydrogens is 410 g/mol. The first-order valence-electron chi connectivity index (χ1n) is 10.2. The van der Waals surface area contributed by atoms with Crippen molar-refractivity contribution in [3.8, 4) is 17.2 Å². The van der Waals surface area contributed by atoms with Gasteiger partial charge >= 0.3 is 0 Å². The zero-order chi connectivity index (χ0) is 22.7. The molecule has 0 saturated carbocycles. The molecule has 3 heterocycles. The van der Waals surface area contributed by atoms with Gasteiger partial charge in [0.15, 0.2) is 11.5 Å². The third kappa shape index (κ3) is 2.69. The van der Waals surface area contributed by atoms with Crippen molar-refractivity contribution in [3.05, 3.63) is 58.9 Å². The van der Waals surface area contributed by atoms with E-state index in [2.05, 4.69) is 5.32 Å². The Morgan fingerprint density at radius 3 is 2.50 bits per heavy atom. The summed E-state index contributed by atoms with van der Waals surface area (Å²) in [5.41, 5.74) is 4.72. The summed E-state index contributed by atoms with van der Waals surface area (Å²) in [5, 5.41) is 14.9. The molecule has 8 nitrogen and oxygen atoms in total. The number of hydrogen-bond donors (Lipinski definition) is 2. The third-order valence-electron chi connectivity index (χ3n) is 6.26. The molecule has 2 aliphatic heterocycles. The predicted octanol–water partition coefficient (Wildman–Crippen LogP) is 3.10. The van der Waals surface area contributed by atoms with E-state index in [0.29, 0.717) is 16.8 Å². The standard InChI is InChI=1S/C24H23N3O5/c1-12(28)27-11-16-22(24(27)30)20(13-8-18(31-3)23(29)19(9-13)32-4)14-10-26(2)17-7-5-6-15(25-16)21(14)17/h5-10,20,25,29H,11H2,1-4H3. The van der Waals surface area contributed by atoms with Gasteiger partial charge in [0.25, 0.3) is 5.91 Å². The Hall–Kier alpha value is -3.94. The Kier molecular flexibility index (Phi) is 4.40. The van der Waals surface area contributed by atoms with Gasteiger partial charge in [0, 0.05) is 42.9 Å². The lowest BCUT2D eigenvalue weighted by molar-refractivity contribution is -0.139. The van der Waals surface area contributed by atoms with Gasteiger partial charge in [-0.05, 0) is 35.4 Å². The van der Waals surface area contributed by atoms with Crippen LogP contribution < -0.4 is 14.8 Å². The lowest BCUT2D eigenvalue weighted by Gasteiger charge is -2.21. The number of carbonyl (C=O) groups excluding carboxylic acids is 2. The van der Waals surface area contributed by atoms with Crippen LogP contribution in [0, 0.1) is 0 Å². The maximum atomic E-state index is 13.5. The molecule has 2 aliphatic rings. The van der Waals surface area contributed by atoms with Crippen LogP contribution >= 0.6 is 0 Å². The van der Waals surface area contributed by atoms with Gasteiger partial charge in [0.2, 0.25) is 11.7 Å². The van der Waals surface area contributed by atoms with Crippen molar-refractivity contribution in [1.82, 2.24) is 9.47 Å². The molecule has 0 spiro atoms. The van der Waals surface area contributed by atoms with Crippen LogP contribution in [0.25, 0.3) is 10.9 Å². The lowest BCUT2D eigenvalue weighted by Crippen LogP contribution is -2.33. The van der Waals surface area contributed by atoms with Crippen LogP contribution in [0.4, 0.5) is 5.69 Å². The molecule has 0 fully saturated rings. The highest BCUT2D eigenvalue weighted by Gasteiger charge is 2.42. The number of hydrogen-bond acceptors (Lipinski definition) is 6. The number of imide groups is 1. The number of aryl methyl sites for hydroxylation is 1. The highest BCUT2D eigenvalue weighted by Crippen LogP contribution is 2.49. The first-order valence-corrected chi connectivity index (χ1v) is 10.2. The van der Waals surface area contributed by atoms with Gasteiger partial charge in [0.05, 0.1) is 31.9 Å². The van der Waals surface area contributed by atoms with Gasteiger partial charge in [-0.15, -0.1) is 0 Å². The second-order valence-corrected chi connectivity index (χ2v) is 8.03. The molecule has 0 saturated heterocycles. The quantitative estimate of drug-likeness (QED) is 0.659. The zero-order valence-electron chi connectivity index (χ0n) is 18.2. The fourth-order valence-corrected chi connectivity index (χ4v) is 4.80. The molecule has 1 unspecified atom stereocenters. The van der Waals surface area contributed by atoms with E-state index in [-0.39, 0.29) is 35.6 Å². The summed E-state index contributed by atoms with van der Waals surface area (Å²) in [6.07, 6.45) is 2.01. The molecule has 164 valence electrons. The number of ether oxygens (including phenoxy) is 2. The van der Waals surface area contributed by atoms with Crippen LogP contribution in [0.2, 0.25) is 0 Å². The first-order chi connectivity index (χ1) is 15.3. The van der Waals surface area contributed by atoms with Gasteiger partial charge in [0.1, 0.15) is 0 Å². The second-order valence-electron chi connectivity index (χ2n) is 8.03. The van der Waals surface area contributed by atoms with Crippen LogP contribution in [0.15, 0.2) is 47.8 Å². The number of methoxy groups -OCH3 is 2. The van der Waals surface area contributed by atoms with E-state index in [1.54, 1.807) is 12.1 Å². The Labute approximate surface area is 184 Å². The number of anilines is 1. The molecule has 1 aromatic heterocycles. The fourth-order valence-electron chi connectivity index (χ4n) is 4.80. The molecule has 3 aromatic rings. The highest BCUT2D eigenvalue weighted by atomic mass is 16.5. The predicted molar refractivity (Wildman–Crippen MR) is 119 cm³/mol. The molecule has 5 rings (SSSR count). The van der Waals surface area contributed by atoms with Crippen LogP contribution in [0.1, 0.15) is 24.0 Å². The highest BCUT2D eigenvalue weighted by molar-refractivity contribution is 6.11. The summed E-state index contributed by atoms with van der Waals surface area (Å²) in [6.45, 7) is 1.57. The number of nitrogens with one attached hydrogen (secondary N) is 1. The van der Waals surface area contributed by atoms with Gasteiger partial charge in [-0.25, -0.2) is 0 Å². The number of rotatable bonds is 3. The molecule has 2 N–H and O–H groups in total. The Bertz CT molecular complexity index is 1310. The maximum absolute atomic E-state index is 13.5. The smallest absolute Gasteiger partial charge is 0.259 e. The SMILES string of the molecule is COc1cc(C2C3=C(CN(C(C)=O)C3=O)Nc3cccc4c3c2cn4C)cc(OC)c1O. The molecular formula is C24H23N3O5. The maximum Gasteiger partial charge on any atom is 0.259 e. The minimum absolute atomic E-state index is 0.110. The molecule has 32 heavy (non-hydrogen) atoms. The molecule has 1 atom stereocenters. The van der Waals surface area contributed by atoms with Gasteiger partial charge < -0.3 is 24.5 Å². The van der Waals surface area contributed by atoms with E-state index in [4.69, 9.17) is 9.47 Å². The average molecular weight is 433 g/mol. The molecule has 0 radical (unpaired) electrons. The number of aromatic hydroxyl groups is 1. The van der Waals surface area contributed by atoms with Crippen molar-refractivity contribution in [2.45, 2.75) is 12.8 Å². The Morgan fingerprint density at radius 1 is 1.19 bits per heavy atom. The summed E-state index contributed by atoms with van der Waals surface area (Å²) < 4.78 is 12.8. The van der Waals surface area contributed by atoms with Crippen molar-refractivity contribution in [3.63, 3.8) is 0 Å². The van der Waals surface area contributed by atoms with Crippen molar-refractivity contribution in [2.24, 2.45) is 7.05 Å². The number of nitrogens with zero attached hydrogens (tertiary/aromatic N) is 2. The zero-order valence-corrected chi connectivity index (χ0v) is 18.2. The van der Waals surface area contributed by atoms with Crippen molar-refractivity contribution in [1.29, 1.82) is 0 Å². The molecule has 2 amide bonds. The minimum atomic E-state index is -0.495. The van der Waals surface area contributed by atoms with Crippen molar-refractivity contribution >= 4 is 28.4 Å². The van der Waals surface area contributed by atoms with Crippen LogP contribution in [0.5, 0.6) is 17.2 Å². The summed E-state index contributed by atoms with van der Waals surface area (Å²) in [6, 6.07) is 9.38. The number of phenols is 1. The van der Waals surface area contributed by atoms with E-state index in [0.717, 1.165) is 22.2 Å². The average Bonchev–Trinajstić information content (AvgIpc) is 3.23. The van der Waals surface area contributed by atoms with E-state index in [9.17, 15) is 14.7 Å². The van der Waals surface area contributed by atoms with Crippen molar-refractivity contribution < 1.29 is 24.2 Å². The summed E-state index contributed by atoms with van der Waals surface area (Å²) in [5.74, 6) is -0.760. The number of aromatic nitrogens is 1. The van der Waals surface area contributed by atoms with Gasteiger partial charge in [-0.1, -0.05) is 6.07 Å². The lowest BCUT2D eigenvalue weighted by atomic mass is 9.84.